The number of H-pyrrole nitrogens is 1. The number of piperidine rings is 1. The van der Waals surface area contributed by atoms with Gasteiger partial charge in [-0.25, -0.2) is 4.79 Å². The van der Waals surface area contributed by atoms with E-state index in [1.807, 2.05) is 33.7 Å². The average Bonchev–Trinajstić information content (AvgIpc) is 3.56. The number of aromatic nitrogens is 5. The molecule has 5 aromatic rings. The van der Waals surface area contributed by atoms with Crippen molar-refractivity contribution in [1.82, 2.24) is 29.2 Å². The second-order valence-electron chi connectivity index (χ2n) is 10.7. The molecule has 41 heavy (non-hydrogen) atoms. The van der Waals surface area contributed by atoms with Gasteiger partial charge in [0.05, 0.1) is 11.0 Å². The van der Waals surface area contributed by atoms with Crippen LogP contribution in [0.3, 0.4) is 0 Å². The van der Waals surface area contributed by atoms with E-state index in [0.29, 0.717) is 19.5 Å². The van der Waals surface area contributed by atoms with Crippen molar-refractivity contribution < 1.29 is 4.79 Å². The molecule has 0 radical (unpaired) electrons. The van der Waals surface area contributed by atoms with Crippen LogP contribution in [0.1, 0.15) is 42.9 Å². The van der Waals surface area contributed by atoms with E-state index in [-0.39, 0.29) is 17.6 Å². The van der Waals surface area contributed by atoms with Gasteiger partial charge in [-0.15, -0.1) is 10.2 Å². The first kappa shape index (κ1) is 27.1. The van der Waals surface area contributed by atoms with Crippen molar-refractivity contribution in [3.05, 3.63) is 94.4 Å². The number of carbonyl (C=O) groups excluding carboxylic acids is 1. The molecule has 0 bridgehead atoms. The molecule has 1 aliphatic heterocycles. The number of rotatable bonds is 8. The molecule has 0 saturated carbocycles. The summed E-state index contributed by atoms with van der Waals surface area (Å²) in [6, 6.07) is 24.6. The Morgan fingerprint density at radius 1 is 0.927 bits per heavy atom. The number of carbonyl (C=O) groups is 1. The Morgan fingerprint density at radius 2 is 1.61 bits per heavy atom. The monoisotopic (exact) mass is 566 g/mol. The van der Waals surface area contributed by atoms with Gasteiger partial charge in [-0.3, -0.25) is 13.9 Å². The number of aryl methyl sites for hydroxylation is 2. The third-order valence-electron chi connectivity index (χ3n) is 7.81. The van der Waals surface area contributed by atoms with Gasteiger partial charge in [-0.05, 0) is 57.4 Å². The lowest BCUT2D eigenvalue weighted by Gasteiger charge is -2.32. The first-order valence-corrected chi connectivity index (χ1v) is 15.2. The van der Waals surface area contributed by atoms with Crippen LogP contribution in [0.2, 0.25) is 0 Å². The van der Waals surface area contributed by atoms with Gasteiger partial charge in [0.2, 0.25) is 5.91 Å². The Bertz CT molecular complexity index is 1710. The van der Waals surface area contributed by atoms with Gasteiger partial charge < -0.3 is 9.88 Å². The van der Waals surface area contributed by atoms with Gasteiger partial charge in [-0.1, -0.05) is 71.4 Å². The van der Waals surface area contributed by atoms with Crippen molar-refractivity contribution in [2.45, 2.75) is 50.7 Å². The van der Waals surface area contributed by atoms with Crippen molar-refractivity contribution in [2.24, 2.45) is 0 Å². The first-order valence-electron chi connectivity index (χ1n) is 14.2. The van der Waals surface area contributed by atoms with Gasteiger partial charge in [0.1, 0.15) is 0 Å². The lowest BCUT2D eigenvalue weighted by Crippen LogP contribution is -2.40. The van der Waals surface area contributed by atoms with Crippen LogP contribution in [-0.4, -0.2) is 54.0 Å². The zero-order valence-corrected chi connectivity index (χ0v) is 24.2. The molecule has 3 aromatic carbocycles. The second kappa shape index (κ2) is 11.8. The number of hydrogen-bond acceptors (Lipinski definition) is 5. The molecule has 1 aliphatic rings. The van der Waals surface area contributed by atoms with Crippen LogP contribution < -0.4 is 5.69 Å². The third-order valence-corrected chi connectivity index (χ3v) is 8.82. The fraction of sp³-hybridized carbons (Fsp3) is 0.312. The van der Waals surface area contributed by atoms with Crippen LogP contribution in [0.25, 0.3) is 28.1 Å². The number of para-hydroxylation sites is 2. The molecule has 0 unspecified atom stereocenters. The highest BCUT2D eigenvalue weighted by Crippen LogP contribution is 2.29. The smallest absolute Gasteiger partial charge is 0.326 e. The number of nitrogens with one attached hydrogen (secondary N) is 1. The lowest BCUT2D eigenvalue weighted by molar-refractivity contribution is -0.132. The highest BCUT2D eigenvalue weighted by Gasteiger charge is 2.26. The van der Waals surface area contributed by atoms with Crippen LogP contribution in [-0.2, 0) is 4.79 Å². The average molecular weight is 567 g/mol. The van der Waals surface area contributed by atoms with Gasteiger partial charge in [0.15, 0.2) is 11.0 Å². The Hall–Kier alpha value is -4.11. The summed E-state index contributed by atoms with van der Waals surface area (Å²) < 4.78 is 3.97. The number of aromatic amines is 1. The molecule has 6 rings (SSSR count). The normalized spacial score (nSPS) is 14.1. The number of hydrogen-bond donors (Lipinski definition) is 1. The highest BCUT2D eigenvalue weighted by atomic mass is 32.2. The summed E-state index contributed by atoms with van der Waals surface area (Å²) >= 11 is 1.63. The van der Waals surface area contributed by atoms with E-state index in [9.17, 15) is 9.59 Å². The Balaban J connectivity index is 1.07. The number of amides is 1. The van der Waals surface area contributed by atoms with E-state index < -0.39 is 0 Å². The van der Waals surface area contributed by atoms with E-state index in [1.165, 1.54) is 11.1 Å². The maximum Gasteiger partial charge on any atom is 0.326 e. The van der Waals surface area contributed by atoms with E-state index in [2.05, 4.69) is 82.1 Å². The molecule has 1 N–H and O–H groups in total. The molecule has 2 aromatic heterocycles. The molecule has 210 valence electrons. The number of thioether (sulfide) groups is 1. The predicted molar refractivity (Wildman–Crippen MR) is 164 cm³/mol. The number of nitrogens with zero attached hydrogens (tertiary/aromatic N) is 5. The number of imidazole rings is 1. The maximum absolute atomic E-state index is 13.0. The predicted octanol–water partition coefficient (Wildman–Crippen LogP) is 5.93. The first-order chi connectivity index (χ1) is 20.0. The minimum atomic E-state index is -0.0722. The summed E-state index contributed by atoms with van der Waals surface area (Å²) in [6.45, 7) is 5.49. The van der Waals surface area contributed by atoms with Crippen LogP contribution in [0, 0.1) is 13.8 Å². The largest absolute Gasteiger partial charge is 0.343 e. The standard InChI is InChI=1S/C32H34N6O2S/c1-22-9-13-24(14-10-22)30-34-35-32(38(30)25-15-11-23(2)12-16-25)41-21-5-8-29(39)36-19-17-26(18-20-36)37-28-7-4-3-6-27(28)33-31(37)40/h3-4,6-7,9-16,26H,5,8,17-21H2,1-2H3,(H,33,40). The van der Waals surface area contributed by atoms with Gasteiger partial charge >= 0.3 is 5.69 Å². The third kappa shape index (κ3) is 5.72. The quantitative estimate of drug-likeness (QED) is 0.186. The summed E-state index contributed by atoms with van der Waals surface area (Å²) in [6.07, 6.45) is 2.81. The molecule has 3 heterocycles. The molecule has 1 saturated heterocycles. The topological polar surface area (TPSA) is 88.8 Å². The van der Waals surface area contributed by atoms with E-state index in [0.717, 1.165) is 58.3 Å². The van der Waals surface area contributed by atoms with Crippen molar-refractivity contribution in [2.75, 3.05) is 18.8 Å². The molecular weight excluding hydrogens is 532 g/mol. The summed E-state index contributed by atoms with van der Waals surface area (Å²) in [5, 5.41) is 9.90. The van der Waals surface area contributed by atoms with Gasteiger partial charge in [-0.2, -0.15) is 0 Å². The fourth-order valence-corrected chi connectivity index (χ4v) is 6.43. The van der Waals surface area contributed by atoms with Crippen LogP contribution in [0.4, 0.5) is 0 Å². The van der Waals surface area contributed by atoms with E-state index >= 15 is 0 Å². The maximum atomic E-state index is 13.0. The van der Waals surface area contributed by atoms with E-state index in [4.69, 9.17) is 0 Å². The number of likely N-dealkylation sites (tertiary alicyclic amines) is 1. The summed E-state index contributed by atoms with van der Waals surface area (Å²) in [4.78, 5) is 30.5. The summed E-state index contributed by atoms with van der Waals surface area (Å²) in [5.74, 6) is 1.76. The molecule has 1 amide bonds. The fourth-order valence-electron chi connectivity index (χ4n) is 5.53. The Labute approximate surface area is 243 Å². The number of benzene rings is 3. The molecular formula is C32H34N6O2S. The molecule has 9 heteroatoms. The zero-order valence-electron chi connectivity index (χ0n) is 23.4. The lowest BCUT2D eigenvalue weighted by atomic mass is 10.0. The molecule has 8 nitrogen and oxygen atoms in total. The molecule has 1 fully saturated rings. The van der Waals surface area contributed by atoms with Crippen molar-refractivity contribution >= 4 is 28.7 Å². The molecule has 0 atom stereocenters. The minimum Gasteiger partial charge on any atom is -0.343 e. The summed E-state index contributed by atoms with van der Waals surface area (Å²) in [7, 11) is 0. The van der Waals surface area contributed by atoms with Crippen LogP contribution >= 0.6 is 11.8 Å². The van der Waals surface area contributed by atoms with Crippen LogP contribution in [0.15, 0.2) is 82.7 Å². The molecule has 0 aliphatic carbocycles. The molecule has 0 spiro atoms. The summed E-state index contributed by atoms with van der Waals surface area (Å²) in [5.41, 5.74) is 6.16. The Kier molecular flexibility index (Phi) is 7.78. The van der Waals surface area contributed by atoms with Crippen molar-refractivity contribution in [3.63, 3.8) is 0 Å². The second-order valence-corrected chi connectivity index (χ2v) is 11.8. The van der Waals surface area contributed by atoms with E-state index in [1.54, 1.807) is 11.8 Å². The van der Waals surface area contributed by atoms with Gasteiger partial charge in [0.25, 0.3) is 0 Å². The van der Waals surface area contributed by atoms with Crippen LogP contribution in [0.5, 0.6) is 0 Å². The number of fused-ring (bicyclic) bond motifs is 1. The van der Waals surface area contributed by atoms with Crippen molar-refractivity contribution in [3.8, 4) is 17.1 Å². The Morgan fingerprint density at radius 3 is 2.34 bits per heavy atom. The van der Waals surface area contributed by atoms with Crippen molar-refractivity contribution in [1.29, 1.82) is 0 Å². The zero-order chi connectivity index (χ0) is 28.3. The highest BCUT2D eigenvalue weighted by molar-refractivity contribution is 7.99. The SMILES string of the molecule is Cc1ccc(-c2nnc(SCCCC(=O)N3CCC(n4c(=O)[nH]c5ccccc54)CC3)n2-c2ccc(C)cc2)cc1. The van der Waals surface area contributed by atoms with Gasteiger partial charge in [0, 0.05) is 42.6 Å². The minimum absolute atomic E-state index is 0.0722.